The number of nitrogens with zero attached hydrogens (tertiary/aromatic N) is 7. The second kappa shape index (κ2) is 51.8. The van der Waals surface area contributed by atoms with E-state index in [2.05, 4.69) is 114 Å². The molecular formula is C108H120BBr3ClIN8O21. The van der Waals surface area contributed by atoms with Crippen LogP contribution in [0.15, 0.2) is 258 Å². The van der Waals surface area contributed by atoms with Gasteiger partial charge in [-0.2, -0.15) is 0 Å². The summed E-state index contributed by atoms with van der Waals surface area (Å²) < 4.78 is 83.1. The van der Waals surface area contributed by atoms with Crippen LogP contribution in [-0.2, 0) is 44.3 Å². The van der Waals surface area contributed by atoms with E-state index in [1.54, 1.807) is 108 Å². The maximum absolute atomic E-state index is 13.0. The normalized spacial score (nSPS) is 13.9. The molecule has 0 saturated carbocycles. The molecule has 143 heavy (non-hydrogen) atoms. The molecule has 1 saturated heterocycles. The SMILES string of the molecule is Brc1ccc(I)nc1.CC(C)(C)OC(=O)N1CC=C(B2OC(C)(C)C(C)(C)O2)CC1.CCc1ccc(Br)cn1.COC(=O)C(C(=O)OC)=C(Cl)c1ccc(OC)c(OC)c1.COc1ccc(-c2cc(=O)n3cc(Br)ccc3c2)cc1OC.COc1ccc(-c2cc(=O)n3cc(C4=CCN(C(=O)OC(C)(C)C)CC4)ccc3c2)cc1OC.COc1ccc(-c2cc(=O)n3cc(C4=CCNCC4)ccc3c2)cc1OC. The Hall–Kier alpha value is -12.3. The zero-order valence-electron chi connectivity index (χ0n) is 84.0. The first-order chi connectivity index (χ1) is 68.0. The zero-order chi connectivity index (χ0) is 104. The number of esters is 2. The molecule has 8 aromatic heterocycles. The van der Waals surface area contributed by atoms with Gasteiger partial charge in [0.05, 0.1) is 87.3 Å². The summed E-state index contributed by atoms with van der Waals surface area (Å²) in [6.07, 6.45) is 18.3. The minimum Gasteiger partial charge on any atom is -0.493 e. The number of halogens is 5. The molecule has 756 valence electrons. The Labute approximate surface area is 877 Å². The highest BCUT2D eigenvalue weighted by atomic mass is 127. The van der Waals surface area contributed by atoms with Gasteiger partial charge in [0.25, 0.3) is 16.7 Å². The number of pyridine rings is 8. The molecule has 0 spiro atoms. The minimum atomic E-state index is -0.887. The number of aryl methyl sites for hydroxylation is 1. The molecule has 1 fully saturated rings. The van der Waals surface area contributed by atoms with E-state index in [0.717, 1.165) is 141 Å². The maximum atomic E-state index is 13.0. The van der Waals surface area contributed by atoms with E-state index in [4.69, 9.17) is 68.3 Å². The van der Waals surface area contributed by atoms with Gasteiger partial charge in [-0.15, -0.1) is 0 Å². The van der Waals surface area contributed by atoms with Crippen LogP contribution in [0.25, 0.3) is 66.1 Å². The first-order valence-electron chi connectivity index (χ1n) is 45.6. The van der Waals surface area contributed by atoms with E-state index in [0.29, 0.717) is 84.2 Å². The number of nitrogens with one attached hydrogen (secondary N) is 1. The average Bonchev–Trinajstić information content (AvgIpc) is 1.75. The van der Waals surface area contributed by atoms with Gasteiger partial charge < -0.3 is 81.3 Å². The highest BCUT2D eigenvalue weighted by Gasteiger charge is 2.52. The van der Waals surface area contributed by atoms with Crippen molar-refractivity contribution in [3.8, 4) is 79.4 Å². The van der Waals surface area contributed by atoms with Crippen molar-refractivity contribution in [1.29, 1.82) is 0 Å². The molecule has 12 heterocycles. The third-order valence-electron chi connectivity index (χ3n) is 23.1. The number of ether oxygens (including phenoxy) is 12. The van der Waals surface area contributed by atoms with Gasteiger partial charge in [-0.3, -0.25) is 32.6 Å². The number of methoxy groups -OCH3 is 10. The summed E-state index contributed by atoms with van der Waals surface area (Å²) in [7, 11) is 14.5. The topological polar surface area (TPSA) is 306 Å². The smallest absolute Gasteiger partial charge is 0.490 e. The molecule has 1 N–H and O–H groups in total. The van der Waals surface area contributed by atoms with Crippen LogP contribution < -0.4 is 59.9 Å². The fourth-order valence-corrected chi connectivity index (χ4v) is 16.2. The Morgan fingerprint density at radius 2 is 0.825 bits per heavy atom. The lowest BCUT2D eigenvalue weighted by atomic mass is 9.75. The van der Waals surface area contributed by atoms with Crippen LogP contribution in [-0.4, -0.2) is 197 Å². The molecule has 12 aromatic rings. The summed E-state index contributed by atoms with van der Waals surface area (Å²) in [6, 6.07) is 52.2. The molecule has 0 radical (unpaired) electrons. The van der Waals surface area contributed by atoms with Gasteiger partial charge in [-0.1, -0.05) is 67.1 Å². The first kappa shape index (κ1) is 113. The quantitative estimate of drug-likeness (QED) is 0.0122. The lowest BCUT2D eigenvalue weighted by molar-refractivity contribution is -0.143. The fraction of sp³-hybridized carbons (Fsp3) is 0.324. The number of carbonyl (C=O) groups is 4. The van der Waals surface area contributed by atoms with E-state index in [-0.39, 0.29) is 52.2 Å². The van der Waals surface area contributed by atoms with E-state index in [1.807, 2.05) is 227 Å². The third kappa shape index (κ3) is 30.9. The van der Waals surface area contributed by atoms with Gasteiger partial charge in [0.15, 0.2) is 51.6 Å². The molecule has 0 unspecified atom stereocenters. The predicted molar refractivity (Wildman–Crippen MR) is 579 cm³/mol. The van der Waals surface area contributed by atoms with E-state index < -0.39 is 28.7 Å². The Morgan fingerprint density at radius 3 is 1.18 bits per heavy atom. The summed E-state index contributed by atoms with van der Waals surface area (Å²) in [5.41, 5.74) is 12.5. The molecule has 0 atom stereocenters. The molecule has 29 nitrogen and oxygen atoms in total. The van der Waals surface area contributed by atoms with Gasteiger partial charge in [-0.25, -0.2) is 24.2 Å². The van der Waals surface area contributed by atoms with Crippen LogP contribution in [0.2, 0.25) is 0 Å². The second-order valence-corrected chi connectivity index (χ2v) is 39.7. The highest BCUT2D eigenvalue weighted by molar-refractivity contribution is 14.1. The van der Waals surface area contributed by atoms with Gasteiger partial charge in [0, 0.05) is 118 Å². The van der Waals surface area contributed by atoms with Crippen molar-refractivity contribution in [2.24, 2.45) is 0 Å². The van der Waals surface area contributed by atoms with Crippen LogP contribution in [0, 0.1) is 3.70 Å². The van der Waals surface area contributed by atoms with Crippen molar-refractivity contribution in [1.82, 2.24) is 38.3 Å². The molecule has 4 aliphatic rings. The maximum Gasteiger partial charge on any atom is 0.490 e. The van der Waals surface area contributed by atoms with Crippen LogP contribution >= 0.6 is 82.0 Å². The number of aromatic nitrogens is 5. The monoisotopic (exact) mass is 2270 g/mol. The Kier molecular flexibility index (Phi) is 40.8. The van der Waals surface area contributed by atoms with Gasteiger partial charge >= 0.3 is 31.2 Å². The van der Waals surface area contributed by atoms with Gasteiger partial charge in [0.1, 0.15) is 14.9 Å². The lowest BCUT2D eigenvalue weighted by Gasteiger charge is -2.32. The molecule has 4 aliphatic heterocycles. The number of hydrogen-bond acceptors (Lipinski definition) is 24. The van der Waals surface area contributed by atoms with Crippen LogP contribution in [0.3, 0.4) is 0 Å². The third-order valence-corrected chi connectivity index (χ3v) is 25.6. The number of amides is 2. The molecular weight excluding hydrogens is 2160 g/mol. The Bertz CT molecular complexity index is 6800. The predicted octanol–water partition coefficient (Wildman–Crippen LogP) is 22.2. The van der Waals surface area contributed by atoms with Gasteiger partial charge in [0.2, 0.25) is 0 Å². The van der Waals surface area contributed by atoms with Crippen molar-refractivity contribution in [3.63, 3.8) is 0 Å². The summed E-state index contributed by atoms with van der Waals surface area (Å²) in [5.74, 6) is 2.97. The summed E-state index contributed by atoms with van der Waals surface area (Å²) >= 11 is 18.3. The fourth-order valence-electron chi connectivity index (χ4n) is 14.8. The second-order valence-electron chi connectivity index (χ2n) is 35.5. The average molecular weight is 2280 g/mol. The number of benzene rings is 4. The van der Waals surface area contributed by atoms with Crippen molar-refractivity contribution in [3.05, 3.63) is 301 Å². The highest BCUT2D eigenvalue weighted by Crippen LogP contribution is 2.42. The van der Waals surface area contributed by atoms with Crippen molar-refractivity contribution in [2.45, 2.75) is 124 Å². The molecule has 4 aromatic carbocycles. The van der Waals surface area contributed by atoms with Gasteiger partial charge in [-0.05, 0) is 360 Å². The summed E-state index contributed by atoms with van der Waals surface area (Å²) in [6.45, 7) is 25.5. The number of rotatable bonds is 18. The molecule has 35 heteroatoms. The standard InChI is InChI=1S/C27H30N2O5.C22H22N2O3.C17H14BrNO3.C16H28BNO4.C14H15ClO6.C7H8BrN.C5H3BrIN/c1-27(2,3)34-26(31)28-12-10-18(11-13-28)20-6-8-22-14-21(16-25(30)29(22)17-20)19-7-9-23(32-4)24(15-19)33-5;1-26-20-6-4-16(12-21(20)27-2)18-11-19-5-3-17(14-24(19)22(25)13-18)15-7-9-23-10-8-15;1-21-15-6-3-11(8-16(15)22-2)12-7-14-5-4-13(18)10-19(14)17(20)9-12;1-14(2,3)20-13(19)18-10-8-12(9-11-18)17-21-15(4,5)16(6,7)22-17;1-18-9-6-5-8(7-10(9)19-2)12(15)11(13(16)20-3)14(17)21-4;1-2-7-4-3-6(8)5-9-7;6-4-1-2-5(7)8-3-4/h6-10,14-17H,11-13H2,1-5H3;3-7,11-14,23H,8-10H2,1-2H3;3-10H,1-2H3;8H,9-11H2,1-7H3;5-7H,1-4H3;3-5H,2H2,1H3;1-3H. The zero-order valence-corrected chi connectivity index (χ0v) is 91.7. The Morgan fingerprint density at radius 1 is 0.441 bits per heavy atom. The summed E-state index contributed by atoms with van der Waals surface area (Å²) in [5, 5.41) is 3.21. The van der Waals surface area contributed by atoms with E-state index in [1.165, 1.54) is 25.9 Å². The molecule has 16 rings (SSSR count). The molecule has 2 amide bonds. The Balaban J connectivity index is 0.000000178. The van der Waals surface area contributed by atoms with Crippen LogP contribution in [0.4, 0.5) is 9.59 Å². The number of hydrogen-bond donors (Lipinski definition) is 1. The largest absolute Gasteiger partial charge is 0.493 e. The van der Waals surface area contributed by atoms with E-state index in [9.17, 15) is 33.6 Å². The van der Waals surface area contributed by atoms with E-state index >= 15 is 0 Å². The van der Waals surface area contributed by atoms with Crippen molar-refractivity contribution < 1.29 is 85.3 Å². The first-order valence-corrected chi connectivity index (χ1v) is 49.4. The molecule has 0 aliphatic carbocycles. The van der Waals surface area contributed by atoms with Crippen molar-refractivity contribution in [2.75, 3.05) is 110 Å². The van der Waals surface area contributed by atoms with Crippen molar-refractivity contribution >= 4 is 146 Å². The summed E-state index contributed by atoms with van der Waals surface area (Å²) in [4.78, 5) is 97.3. The minimum absolute atomic E-state index is 0.0475. The van der Waals surface area contributed by atoms with Crippen LogP contribution in [0.1, 0.15) is 118 Å². The number of carbonyl (C=O) groups excluding carboxylic acids is 4. The molecule has 0 bridgehead atoms. The number of fused-ring (bicyclic) bond motifs is 3. The van der Waals surface area contributed by atoms with Crippen LogP contribution in [0.5, 0.6) is 46.0 Å². The lowest BCUT2D eigenvalue weighted by Crippen LogP contribution is -2.41.